The van der Waals surface area contributed by atoms with E-state index in [0.717, 1.165) is 32.4 Å². The molecule has 0 aromatic heterocycles. The van der Waals surface area contributed by atoms with E-state index in [1.54, 1.807) is 24.0 Å². The van der Waals surface area contributed by atoms with Crippen molar-refractivity contribution in [2.45, 2.75) is 70.4 Å². The van der Waals surface area contributed by atoms with E-state index >= 15 is 0 Å². The molecule has 0 aliphatic heterocycles. The van der Waals surface area contributed by atoms with Crippen LogP contribution in [0, 0.1) is 0 Å². The van der Waals surface area contributed by atoms with Crippen LogP contribution in [0.4, 0.5) is 0 Å². The summed E-state index contributed by atoms with van der Waals surface area (Å²) in [7, 11) is -3.45. The second-order valence-electron chi connectivity index (χ2n) is 9.68. The fraction of sp³-hybridized carbons (Fsp3) is 0.517. The number of hydrogen-bond acceptors (Lipinski definition) is 6. The molecule has 0 bridgehead atoms. The van der Waals surface area contributed by atoms with E-state index in [2.05, 4.69) is 60.6 Å². The standard InChI is InChI=1S/C19H35P.C10H10O7S/c1-4-7-15-20(16-8-5-2,17-9-6-3)18-19-13-11-10-12-14-19;1-16-9(11)6-3-7(10(12)17-2)5-8(4-6)18(13,14)15/h10-14,20H,4-9,15-18H2,1-3H3;3-5H,1-2H3,(H,13,14,15). The first kappa shape index (κ1) is 33.7. The monoisotopic (exact) mass is 568 g/mol. The Morgan fingerprint density at radius 2 is 1.18 bits per heavy atom. The molecular weight excluding hydrogens is 523 g/mol. The third-order valence-corrected chi connectivity index (χ3v) is 12.9. The summed E-state index contributed by atoms with van der Waals surface area (Å²) in [5, 5.41) is 0. The first-order valence-electron chi connectivity index (χ1n) is 13.4. The summed E-state index contributed by atoms with van der Waals surface area (Å²) in [6.07, 6.45) is 14.5. The minimum atomic E-state index is -4.55. The molecule has 38 heavy (non-hydrogen) atoms. The van der Waals surface area contributed by atoms with Gasteiger partial charge in [-0.3, -0.25) is 4.55 Å². The topological polar surface area (TPSA) is 107 Å². The minimum absolute atomic E-state index is 0.187. The van der Waals surface area contributed by atoms with Crippen molar-refractivity contribution in [1.82, 2.24) is 0 Å². The largest absolute Gasteiger partial charge is 0.465 e. The van der Waals surface area contributed by atoms with E-state index in [1.807, 2.05) is 0 Å². The van der Waals surface area contributed by atoms with Gasteiger partial charge in [-0.05, 0) is 18.2 Å². The third kappa shape index (κ3) is 11.6. The zero-order valence-electron chi connectivity index (χ0n) is 23.5. The average Bonchev–Trinajstić information content (AvgIpc) is 2.93. The molecule has 2 aromatic carbocycles. The number of esters is 2. The second-order valence-corrected chi connectivity index (χ2v) is 16.0. The molecule has 2 rings (SSSR count). The Labute approximate surface area is 229 Å². The Bertz CT molecular complexity index is 1050. The zero-order chi connectivity index (χ0) is 28.6. The molecule has 0 amide bonds. The van der Waals surface area contributed by atoms with Crippen molar-refractivity contribution in [3.05, 3.63) is 65.2 Å². The zero-order valence-corrected chi connectivity index (χ0v) is 25.3. The number of methoxy groups -OCH3 is 2. The number of hydrogen-bond donors (Lipinski definition) is 1. The van der Waals surface area contributed by atoms with Crippen LogP contribution in [0.5, 0.6) is 0 Å². The Morgan fingerprint density at radius 1 is 0.763 bits per heavy atom. The van der Waals surface area contributed by atoms with Gasteiger partial charge in [0.1, 0.15) is 0 Å². The smallest absolute Gasteiger partial charge is 0.337 e. The van der Waals surface area contributed by atoms with Crippen LogP contribution in [-0.2, 0) is 25.8 Å². The van der Waals surface area contributed by atoms with Crippen LogP contribution in [0.1, 0.15) is 85.6 Å². The number of carbonyl (C=O) groups excluding carboxylic acids is 2. The van der Waals surface area contributed by atoms with Crippen LogP contribution in [0.2, 0.25) is 0 Å². The van der Waals surface area contributed by atoms with Gasteiger partial charge in [0, 0.05) is 0 Å². The van der Waals surface area contributed by atoms with Crippen molar-refractivity contribution < 1.29 is 32.0 Å². The fourth-order valence-corrected chi connectivity index (χ4v) is 10.8. The average molecular weight is 569 g/mol. The molecule has 0 unspecified atom stereocenters. The Hall–Kier alpha value is -2.28. The van der Waals surface area contributed by atoms with E-state index in [4.69, 9.17) is 4.55 Å². The molecule has 0 atom stereocenters. The number of benzene rings is 2. The maximum Gasteiger partial charge on any atom is 0.337 e. The second kappa shape index (κ2) is 17.3. The summed E-state index contributed by atoms with van der Waals surface area (Å²) >= 11 is 0. The van der Waals surface area contributed by atoms with Crippen LogP contribution in [-0.4, -0.2) is 57.6 Å². The number of ether oxygens (including phenoxy) is 2. The van der Waals surface area contributed by atoms with Gasteiger partial charge in [-0.2, -0.15) is 8.42 Å². The van der Waals surface area contributed by atoms with E-state index < -0.39 is 34.2 Å². The fourth-order valence-electron chi connectivity index (χ4n) is 4.54. The van der Waals surface area contributed by atoms with Gasteiger partial charge >= 0.3 is 139 Å². The predicted octanol–water partition coefficient (Wildman–Crippen LogP) is 6.84. The molecule has 0 radical (unpaired) electrons. The minimum Gasteiger partial charge on any atom is -0.465 e. The van der Waals surface area contributed by atoms with E-state index in [1.165, 1.54) is 44.7 Å². The van der Waals surface area contributed by atoms with E-state index in [0.29, 0.717) is 0 Å². The van der Waals surface area contributed by atoms with Gasteiger partial charge in [-0.25, -0.2) is 9.59 Å². The molecule has 0 fully saturated rings. The van der Waals surface area contributed by atoms with Crippen molar-refractivity contribution in [2.75, 3.05) is 32.7 Å². The SMILES string of the molecule is CCCC[PH](CCCC)(CCCC)Cc1ccccc1.COC(=O)c1cc(C(=O)OC)cc(S(=O)(=O)O)c1. The van der Waals surface area contributed by atoms with Gasteiger partial charge in [-0.15, -0.1) is 0 Å². The van der Waals surface area contributed by atoms with Crippen LogP contribution >= 0.6 is 7.26 Å². The van der Waals surface area contributed by atoms with Crippen molar-refractivity contribution in [1.29, 1.82) is 0 Å². The Morgan fingerprint density at radius 3 is 1.53 bits per heavy atom. The van der Waals surface area contributed by atoms with Gasteiger partial charge < -0.3 is 9.47 Å². The summed E-state index contributed by atoms with van der Waals surface area (Å²) in [6.45, 7) is 7.05. The molecule has 2 aromatic rings. The first-order chi connectivity index (χ1) is 18.1. The van der Waals surface area contributed by atoms with Crippen LogP contribution < -0.4 is 0 Å². The van der Waals surface area contributed by atoms with Crippen molar-refractivity contribution >= 4 is 29.3 Å². The van der Waals surface area contributed by atoms with Crippen LogP contribution in [0.25, 0.3) is 0 Å². The van der Waals surface area contributed by atoms with Crippen LogP contribution in [0.3, 0.4) is 0 Å². The normalized spacial score (nSPS) is 11.7. The summed E-state index contributed by atoms with van der Waals surface area (Å²) in [5.41, 5.74) is 1.23. The maximum absolute atomic E-state index is 11.3. The predicted molar refractivity (Wildman–Crippen MR) is 157 cm³/mol. The quantitative estimate of drug-likeness (QED) is 0.151. The summed E-state index contributed by atoms with van der Waals surface area (Å²) in [5.74, 6) is -1.68. The van der Waals surface area contributed by atoms with Gasteiger partial charge in [0.25, 0.3) is 10.1 Å². The van der Waals surface area contributed by atoms with Crippen molar-refractivity contribution in [3.8, 4) is 0 Å². The maximum atomic E-state index is 11.3. The van der Waals surface area contributed by atoms with Crippen LogP contribution in [0.15, 0.2) is 53.4 Å². The molecule has 0 spiro atoms. The van der Waals surface area contributed by atoms with Gasteiger partial charge in [-0.1, -0.05) is 0 Å². The Kier molecular flexibility index (Phi) is 15.4. The number of carbonyl (C=O) groups is 2. The van der Waals surface area contributed by atoms with E-state index in [-0.39, 0.29) is 11.1 Å². The Balaban J connectivity index is 0.000000382. The summed E-state index contributed by atoms with van der Waals surface area (Å²) in [6, 6.07) is 14.2. The molecule has 1 N–H and O–H groups in total. The molecule has 214 valence electrons. The third-order valence-electron chi connectivity index (χ3n) is 6.65. The van der Waals surface area contributed by atoms with E-state index in [9.17, 15) is 18.0 Å². The van der Waals surface area contributed by atoms with Crippen molar-refractivity contribution in [2.24, 2.45) is 0 Å². The molecule has 0 aliphatic carbocycles. The van der Waals surface area contributed by atoms with Gasteiger partial charge in [0.2, 0.25) is 0 Å². The molecule has 0 saturated heterocycles. The summed E-state index contributed by atoms with van der Waals surface area (Å²) in [4.78, 5) is 22.0. The van der Waals surface area contributed by atoms with Gasteiger partial charge in [0.05, 0.1) is 30.2 Å². The summed E-state index contributed by atoms with van der Waals surface area (Å²) < 4.78 is 39.7. The molecule has 7 nitrogen and oxygen atoms in total. The molecule has 0 saturated carbocycles. The molecular formula is C29H45O7PS. The molecule has 0 aliphatic rings. The molecule has 9 heteroatoms. The van der Waals surface area contributed by atoms with Gasteiger partial charge in [0.15, 0.2) is 0 Å². The number of unbranched alkanes of at least 4 members (excludes halogenated alkanes) is 3. The molecule has 0 heterocycles. The van der Waals surface area contributed by atoms with Crippen molar-refractivity contribution in [3.63, 3.8) is 0 Å². The first-order valence-corrected chi connectivity index (χ1v) is 17.7. The number of rotatable bonds is 14.